The fourth-order valence-corrected chi connectivity index (χ4v) is 2.45. The van der Waals surface area contributed by atoms with E-state index < -0.39 is 35.1 Å². The lowest BCUT2D eigenvalue weighted by atomic mass is 9.86. The molecule has 7 heteroatoms. The van der Waals surface area contributed by atoms with E-state index in [1.807, 2.05) is 12.1 Å². The first kappa shape index (κ1) is 20.6. The van der Waals surface area contributed by atoms with E-state index in [1.54, 1.807) is 13.0 Å². The smallest absolute Gasteiger partial charge is 0.246 e. The van der Waals surface area contributed by atoms with Gasteiger partial charge in [0.25, 0.3) is 0 Å². The Kier molecular flexibility index (Phi) is 6.03. The van der Waals surface area contributed by atoms with Crippen molar-refractivity contribution in [2.45, 2.75) is 39.2 Å². The number of amides is 1. The van der Waals surface area contributed by atoms with Crippen LogP contribution in [0.4, 0.5) is 24.5 Å². The molecule has 0 heterocycles. The average molecular weight is 380 g/mol. The Hall–Kier alpha value is -2.70. The van der Waals surface area contributed by atoms with Crippen molar-refractivity contribution in [2.24, 2.45) is 0 Å². The van der Waals surface area contributed by atoms with Gasteiger partial charge in [0, 0.05) is 0 Å². The largest absolute Gasteiger partial charge is 0.495 e. The average Bonchev–Trinajstić information content (AvgIpc) is 2.61. The van der Waals surface area contributed by atoms with Crippen molar-refractivity contribution in [2.75, 3.05) is 17.7 Å². The molecule has 2 aromatic carbocycles. The van der Waals surface area contributed by atoms with Crippen molar-refractivity contribution in [3.63, 3.8) is 0 Å². The Morgan fingerprint density at radius 1 is 1.04 bits per heavy atom. The van der Waals surface area contributed by atoms with E-state index in [9.17, 15) is 18.0 Å². The zero-order valence-corrected chi connectivity index (χ0v) is 15.9. The van der Waals surface area contributed by atoms with Crippen LogP contribution >= 0.6 is 0 Å². The van der Waals surface area contributed by atoms with Gasteiger partial charge in [-0.15, -0.1) is 0 Å². The van der Waals surface area contributed by atoms with E-state index in [-0.39, 0.29) is 5.41 Å². The van der Waals surface area contributed by atoms with Crippen LogP contribution in [0.25, 0.3) is 0 Å². The normalized spacial score (nSPS) is 12.4. The van der Waals surface area contributed by atoms with Gasteiger partial charge in [0.15, 0.2) is 17.5 Å². The van der Waals surface area contributed by atoms with Crippen molar-refractivity contribution in [1.29, 1.82) is 0 Å². The highest BCUT2D eigenvalue weighted by molar-refractivity contribution is 5.96. The summed E-state index contributed by atoms with van der Waals surface area (Å²) in [4.78, 5) is 12.3. The Labute approximate surface area is 156 Å². The maximum atomic E-state index is 13.7. The quantitative estimate of drug-likeness (QED) is 0.729. The van der Waals surface area contributed by atoms with Crippen LogP contribution in [0.1, 0.15) is 33.3 Å². The van der Waals surface area contributed by atoms with Crippen LogP contribution in [-0.4, -0.2) is 19.1 Å². The number of nitrogens with one attached hydrogen (secondary N) is 2. The molecule has 0 spiro atoms. The second-order valence-corrected chi connectivity index (χ2v) is 7.24. The summed E-state index contributed by atoms with van der Waals surface area (Å²) in [5, 5.41) is 5.27. The van der Waals surface area contributed by atoms with E-state index in [0.717, 1.165) is 17.7 Å². The van der Waals surface area contributed by atoms with Crippen molar-refractivity contribution >= 4 is 17.3 Å². The summed E-state index contributed by atoms with van der Waals surface area (Å²) in [6.07, 6.45) is 0. The van der Waals surface area contributed by atoms with Crippen molar-refractivity contribution in [3.05, 3.63) is 53.3 Å². The molecule has 2 N–H and O–H groups in total. The topological polar surface area (TPSA) is 50.4 Å². The van der Waals surface area contributed by atoms with Crippen LogP contribution in [0, 0.1) is 17.5 Å². The lowest BCUT2D eigenvalue weighted by Crippen LogP contribution is -2.32. The molecule has 0 saturated carbocycles. The number of rotatable bonds is 5. The van der Waals surface area contributed by atoms with E-state index in [0.29, 0.717) is 11.4 Å². The molecule has 2 rings (SSSR count). The van der Waals surface area contributed by atoms with Gasteiger partial charge in [-0.25, -0.2) is 13.2 Å². The number of hydrogen-bond donors (Lipinski definition) is 2. The molecule has 2 aromatic rings. The molecular formula is C20H23F3N2O2. The Balaban J connectivity index is 2.20. The van der Waals surface area contributed by atoms with Gasteiger partial charge in [0.1, 0.15) is 11.8 Å². The summed E-state index contributed by atoms with van der Waals surface area (Å²) in [7, 11) is 1.51. The third kappa shape index (κ3) is 4.72. The zero-order chi connectivity index (χ0) is 20.4. The number of hydrogen-bond acceptors (Lipinski definition) is 3. The molecule has 4 nitrogen and oxygen atoms in total. The van der Waals surface area contributed by atoms with E-state index in [1.165, 1.54) is 7.11 Å². The third-order valence-corrected chi connectivity index (χ3v) is 4.12. The molecule has 0 unspecified atom stereocenters. The van der Waals surface area contributed by atoms with Gasteiger partial charge < -0.3 is 15.4 Å². The Morgan fingerprint density at radius 3 is 2.30 bits per heavy atom. The summed E-state index contributed by atoms with van der Waals surface area (Å²) >= 11 is 0. The fraction of sp³-hybridized carbons (Fsp3) is 0.350. The Bertz CT molecular complexity index is 848. The summed E-state index contributed by atoms with van der Waals surface area (Å²) in [6, 6.07) is 6.54. The first-order chi connectivity index (χ1) is 12.5. The number of carbonyl (C=O) groups is 1. The SMILES string of the molecule is COc1ccc(C(C)(C)C)cc1N[C@H](C)C(=O)Nc1ccc(F)c(F)c1F. The van der Waals surface area contributed by atoms with Gasteiger partial charge in [-0.2, -0.15) is 0 Å². The molecule has 0 aliphatic carbocycles. The molecule has 0 aliphatic heterocycles. The monoisotopic (exact) mass is 380 g/mol. The number of ether oxygens (including phenoxy) is 1. The molecule has 27 heavy (non-hydrogen) atoms. The molecule has 0 radical (unpaired) electrons. The van der Waals surface area contributed by atoms with Gasteiger partial charge >= 0.3 is 0 Å². The van der Waals surface area contributed by atoms with Crippen molar-refractivity contribution < 1.29 is 22.7 Å². The highest BCUT2D eigenvalue weighted by Gasteiger charge is 2.21. The highest BCUT2D eigenvalue weighted by Crippen LogP contribution is 2.32. The lowest BCUT2D eigenvalue weighted by Gasteiger charge is -2.23. The minimum Gasteiger partial charge on any atom is -0.495 e. The molecular weight excluding hydrogens is 357 g/mol. The molecule has 0 saturated heterocycles. The molecule has 0 aromatic heterocycles. The summed E-state index contributed by atoms with van der Waals surface area (Å²) in [5.74, 6) is -4.46. The minimum absolute atomic E-state index is 0.108. The van der Waals surface area contributed by atoms with Crippen molar-refractivity contribution in [1.82, 2.24) is 0 Å². The van der Waals surface area contributed by atoms with Gasteiger partial charge in [-0.3, -0.25) is 4.79 Å². The number of halogens is 3. The van der Waals surface area contributed by atoms with Crippen LogP contribution in [0.15, 0.2) is 30.3 Å². The van der Waals surface area contributed by atoms with Crippen LogP contribution in [0.3, 0.4) is 0 Å². The highest BCUT2D eigenvalue weighted by atomic mass is 19.2. The van der Waals surface area contributed by atoms with Crippen molar-refractivity contribution in [3.8, 4) is 5.75 Å². The second kappa shape index (κ2) is 7.90. The summed E-state index contributed by atoms with van der Waals surface area (Å²) in [5.41, 5.74) is 1.09. The maximum Gasteiger partial charge on any atom is 0.246 e. The third-order valence-electron chi connectivity index (χ3n) is 4.12. The number of methoxy groups -OCH3 is 1. The summed E-state index contributed by atoms with van der Waals surface area (Å²) in [6.45, 7) is 7.73. The molecule has 146 valence electrons. The molecule has 1 amide bonds. The Morgan fingerprint density at radius 2 is 1.70 bits per heavy atom. The van der Waals surface area contributed by atoms with Gasteiger partial charge in [-0.1, -0.05) is 26.8 Å². The first-order valence-electron chi connectivity index (χ1n) is 8.44. The van der Waals surface area contributed by atoms with Gasteiger partial charge in [0.2, 0.25) is 5.91 Å². The maximum absolute atomic E-state index is 13.7. The summed E-state index contributed by atoms with van der Waals surface area (Å²) < 4.78 is 45.4. The number of anilines is 2. The molecule has 0 bridgehead atoms. The molecule has 1 atom stereocenters. The van der Waals surface area contributed by atoms with Crippen LogP contribution in [0.2, 0.25) is 0 Å². The lowest BCUT2D eigenvalue weighted by molar-refractivity contribution is -0.116. The predicted octanol–water partition coefficient (Wildman–Crippen LogP) is 4.85. The first-order valence-corrected chi connectivity index (χ1v) is 8.44. The van der Waals surface area contributed by atoms with E-state index in [4.69, 9.17) is 4.74 Å². The van der Waals surface area contributed by atoms with Gasteiger partial charge in [-0.05, 0) is 42.2 Å². The second-order valence-electron chi connectivity index (χ2n) is 7.24. The van der Waals surface area contributed by atoms with Crippen LogP contribution < -0.4 is 15.4 Å². The standard InChI is InChI=1S/C20H23F3N2O2/c1-11(19(26)25-14-8-7-13(21)17(22)18(14)23)24-15-10-12(20(2,3)4)6-9-16(15)27-5/h6-11,24H,1-5H3,(H,25,26)/t11-/m1/s1. The van der Waals surface area contributed by atoms with E-state index in [2.05, 4.69) is 31.4 Å². The van der Waals surface area contributed by atoms with Gasteiger partial charge in [0.05, 0.1) is 18.5 Å². The minimum atomic E-state index is -1.63. The number of benzene rings is 2. The fourth-order valence-electron chi connectivity index (χ4n) is 2.45. The molecule has 0 aliphatic rings. The number of carbonyl (C=O) groups excluding carboxylic acids is 1. The molecule has 0 fully saturated rings. The predicted molar refractivity (Wildman–Crippen MR) is 99.7 cm³/mol. The van der Waals surface area contributed by atoms with Crippen LogP contribution in [0.5, 0.6) is 5.75 Å². The zero-order valence-electron chi connectivity index (χ0n) is 15.9. The van der Waals surface area contributed by atoms with Crippen LogP contribution in [-0.2, 0) is 10.2 Å². The van der Waals surface area contributed by atoms with E-state index >= 15 is 0 Å².